The molecule has 2 aromatic rings. The van der Waals surface area contributed by atoms with Crippen LogP contribution in [0.25, 0.3) is 0 Å². The van der Waals surface area contributed by atoms with Crippen molar-refractivity contribution in [1.82, 2.24) is 9.97 Å². The number of carbonyl (C=O) groups excluding carboxylic acids is 1. The number of aromatic nitrogens is 2. The fourth-order valence-corrected chi connectivity index (χ4v) is 2.73. The number of rotatable bonds is 3. The van der Waals surface area contributed by atoms with Gasteiger partial charge in [0.1, 0.15) is 5.82 Å². The van der Waals surface area contributed by atoms with E-state index in [-0.39, 0.29) is 5.78 Å². The molecule has 0 saturated heterocycles. The topological polar surface area (TPSA) is 45.8 Å². The zero-order valence-electron chi connectivity index (χ0n) is 11.2. The van der Waals surface area contributed by atoms with E-state index in [1.54, 1.807) is 0 Å². The third kappa shape index (κ3) is 2.46. The van der Waals surface area contributed by atoms with Gasteiger partial charge in [-0.2, -0.15) is 0 Å². The van der Waals surface area contributed by atoms with Gasteiger partial charge in [0.25, 0.3) is 0 Å². The van der Waals surface area contributed by atoms with E-state index in [0.717, 1.165) is 29.8 Å². The van der Waals surface area contributed by atoms with Crippen LogP contribution < -0.4 is 0 Å². The Hall–Kier alpha value is -1.90. The van der Waals surface area contributed by atoms with Crippen LogP contribution in [0, 0.1) is 6.92 Å². The van der Waals surface area contributed by atoms with E-state index in [0.29, 0.717) is 6.42 Å². The van der Waals surface area contributed by atoms with E-state index in [1.165, 1.54) is 24.2 Å². The van der Waals surface area contributed by atoms with Crippen molar-refractivity contribution in [2.45, 2.75) is 39.0 Å². The summed E-state index contributed by atoms with van der Waals surface area (Å²) in [7, 11) is 0. The second-order valence-corrected chi connectivity index (χ2v) is 5.23. The molecule has 1 aromatic heterocycles. The molecule has 0 saturated carbocycles. The molecule has 0 aliphatic heterocycles. The van der Waals surface area contributed by atoms with Crippen LogP contribution in [0.3, 0.4) is 0 Å². The quantitative estimate of drug-likeness (QED) is 0.856. The summed E-state index contributed by atoms with van der Waals surface area (Å²) in [5, 5.41) is 0. The van der Waals surface area contributed by atoms with Crippen LogP contribution in [0.4, 0.5) is 0 Å². The smallest absolute Gasteiger partial charge is 0.170 e. The van der Waals surface area contributed by atoms with Gasteiger partial charge in [0.15, 0.2) is 5.78 Å². The number of H-pyrrole nitrogens is 1. The molecule has 0 spiro atoms. The number of ketones is 1. The minimum atomic E-state index is 0.143. The molecule has 0 atom stereocenters. The highest BCUT2D eigenvalue weighted by molar-refractivity contribution is 5.98. The largest absolute Gasteiger partial charge is 0.345 e. The molecule has 19 heavy (non-hydrogen) atoms. The molecule has 1 heterocycles. The van der Waals surface area contributed by atoms with Crippen LogP contribution in [0.5, 0.6) is 0 Å². The Morgan fingerprint density at radius 2 is 2.05 bits per heavy atom. The van der Waals surface area contributed by atoms with Crippen LogP contribution in [0.1, 0.15) is 46.0 Å². The highest BCUT2D eigenvalue weighted by atomic mass is 16.1. The van der Waals surface area contributed by atoms with Crippen LogP contribution >= 0.6 is 0 Å². The third-order valence-corrected chi connectivity index (χ3v) is 3.78. The second kappa shape index (κ2) is 5.00. The molecule has 0 fully saturated rings. The molecule has 0 bridgehead atoms. The number of nitrogens with zero attached hydrogens (tertiary/aromatic N) is 1. The summed E-state index contributed by atoms with van der Waals surface area (Å²) in [5.74, 6) is 0.962. The Morgan fingerprint density at radius 3 is 2.84 bits per heavy atom. The van der Waals surface area contributed by atoms with E-state index in [1.807, 2.05) is 31.2 Å². The normalized spacial score (nSPS) is 14.2. The first-order valence-corrected chi connectivity index (χ1v) is 6.89. The maximum absolute atomic E-state index is 12.3. The Balaban J connectivity index is 1.80. The number of aryl methyl sites for hydroxylation is 3. The summed E-state index contributed by atoms with van der Waals surface area (Å²) in [4.78, 5) is 20.2. The van der Waals surface area contributed by atoms with Crippen molar-refractivity contribution in [3.05, 3.63) is 52.6 Å². The van der Waals surface area contributed by atoms with E-state index < -0.39 is 0 Å². The predicted octanol–water partition coefficient (Wildman–Crippen LogP) is 3.02. The van der Waals surface area contributed by atoms with Crippen molar-refractivity contribution >= 4 is 5.78 Å². The van der Waals surface area contributed by atoms with Gasteiger partial charge in [0.2, 0.25) is 0 Å². The van der Waals surface area contributed by atoms with Gasteiger partial charge in [-0.1, -0.05) is 24.3 Å². The van der Waals surface area contributed by atoms with Crippen molar-refractivity contribution in [3.63, 3.8) is 0 Å². The summed E-state index contributed by atoms with van der Waals surface area (Å²) >= 11 is 0. The minimum absolute atomic E-state index is 0.143. The summed E-state index contributed by atoms with van der Waals surface area (Å²) in [6.45, 7) is 1.97. The molecular weight excluding hydrogens is 236 g/mol. The first kappa shape index (κ1) is 12.2. The SMILES string of the molecule is Cc1ccccc1C(=O)Cc1nc2c([nH]1)CCCC2. The molecule has 1 aromatic carbocycles. The highest BCUT2D eigenvalue weighted by Gasteiger charge is 2.17. The van der Waals surface area contributed by atoms with Crippen molar-refractivity contribution in [2.75, 3.05) is 0 Å². The first-order valence-electron chi connectivity index (χ1n) is 6.89. The lowest BCUT2D eigenvalue weighted by Crippen LogP contribution is -2.06. The fraction of sp³-hybridized carbons (Fsp3) is 0.375. The van der Waals surface area contributed by atoms with Crippen LogP contribution in [-0.2, 0) is 19.3 Å². The monoisotopic (exact) mass is 254 g/mol. The number of carbonyl (C=O) groups is 1. The molecule has 3 heteroatoms. The van der Waals surface area contributed by atoms with Crippen LogP contribution in [0.15, 0.2) is 24.3 Å². The molecule has 1 aliphatic carbocycles. The molecular formula is C16H18N2O. The average molecular weight is 254 g/mol. The van der Waals surface area contributed by atoms with Gasteiger partial charge in [0, 0.05) is 11.3 Å². The van der Waals surface area contributed by atoms with Gasteiger partial charge < -0.3 is 4.98 Å². The van der Waals surface area contributed by atoms with E-state index >= 15 is 0 Å². The first-order chi connectivity index (χ1) is 9.24. The number of hydrogen-bond donors (Lipinski definition) is 1. The standard InChI is InChI=1S/C16H18N2O/c1-11-6-2-3-7-12(11)15(19)10-16-17-13-8-4-5-9-14(13)18-16/h2-3,6-7H,4-5,8-10H2,1H3,(H,17,18). The van der Waals surface area contributed by atoms with Gasteiger partial charge in [-0.15, -0.1) is 0 Å². The van der Waals surface area contributed by atoms with Crippen molar-refractivity contribution in [2.24, 2.45) is 0 Å². The van der Waals surface area contributed by atoms with Gasteiger partial charge >= 0.3 is 0 Å². The second-order valence-electron chi connectivity index (χ2n) is 5.23. The summed E-state index contributed by atoms with van der Waals surface area (Å²) < 4.78 is 0. The lowest BCUT2D eigenvalue weighted by Gasteiger charge is -2.07. The van der Waals surface area contributed by atoms with Crippen molar-refractivity contribution in [1.29, 1.82) is 0 Å². The minimum Gasteiger partial charge on any atom is -0.345 e. The summed E-state index contributed by atoms with van der Waals surface area (Å²) in [6, 6.07) is 7.73. The Bertz CT molecular complexity index is 589. The molecule has 0 unspecified atom stereocenters. The van der Waals surface area contributed by atoms with E-state index in [4.69, 9.17) is 0 Å². The number of imidazole rings is 1. The van der Waals surface area contributed by atoms with Crippen LogP contribution in [-0.4, -0.2) is 15.8 Å². The molecule has 1 aliphatic rings. The number of fused-ring (bicyclic) bond motifs is 1. The maximum Gasteiger partial charge on any atom is 0.170 e. The van der Waals surface area contributed by atoms with E-state index in [9.17, 15) is 4.79 Å². The van der Waals surface area contributed by atoms with Gasteiger partial charge in [0.05, 0.1) is 12.1 Å². The average Bonchev–Trinajstić information content (AvgIpc) is 2.81. The van der Waals surface area contributed by atoms with Crippen molar-refractivity contribution < 1.29 is 4.79 Å². The lowest BCUT2D eigenvalue weighted by molar-refractivity contribution is 0.0990. The van der Waals surface area contributed by atoms with Gasteiger partial charge in [-0.25, -0.2) is 4.98 Å². The molecule has 3 nitrogen and oxygen atoms in total. The predicted molar refractivity (Wildman–Crippen MR) is 74.4 cm³/mol. The Kier molecular flexibility index (Phi) is 3.20. The Morgan fingerprint density at radius 1 is 1.26 bits per heavy atom. The lowest BCUT2D eigenvalue weighted by atomic mass is 10.0. The zero-order chi connectivity index (χ0) is 13.2. The van der Waals surface area contributed by atoms with E-state index in [2.05, 4.69) is 9.97 Å². The zero-order valence-corrected chi connectivity index (χ0v) is 11.2. The number of benzene rings is 1. The number of Topliss-reactive ketones (excluding diaryl/α,β-unsaturated/α-hetero) is 1. The summed E-state index contributed by atoms with van der Waals surface area (Å²) in [5.41, 5.74) is 4.23. The molecule has 98 valence electrons. The molecule has 3 rings (SSSR count). The molecule has 1 N–H and O–H groups in total. The van der Waals surface area contributed by atoms with Crippen molar-refractivity contribution in [3.8, 4) is 0 Å². The maximum atomic E-state index is 12.3. The molecule has 0 radical (unpaired) electrons. The van der Waals surface area contributed by atoms with Crippen LogP contribution in [0.2, 0.25) is 0 Å². The van der Waals surface area contributed by atoms with Gasteiger partial charge in [-0.3, -0.25) is 4.79 Å². The number of nitrogens with one attached hydrogen (secondary N) is 1. The summed E-state index contributed by atoms with van der Waals surface area (Å²) in [6.07, 6.45) is 4.92. The third-order valence-electron chi connectivity index (χ3n) is 3.78. The molecule has 0 amide bonds. The number of hydrogen-bond acceptors (Lipinski definition) is 2. The number of aromatic amines is 1. The highest BCUT2D eigenvalue weighted by Crippen LogP contribution is 2.19. The van der Waals surface area contributed by atoms with Gasteiger partial charge in [-0.05, 0) is 38.2 Å². The fourth-order valence-electron chi connectivity index (χ4n) is 2.73. The Labute approximate surface area is 113 Å².